The lowest BCUT2D eigenvalue weighted by Gasteiger charge is -2.07. The van der Waals surface area contributed by atoms with Gasteiger partial charge < -0.3 is 10.3 Å². The van der Waals surface area contributed by atoms with Crippen LogP contribution >= 0.6 is 0 Å². The van der Waals surface area contributed by atoms with Gasteiger partial charge in [0.2, 0.25) is 0 Å². The third-order valence-electron chi connectivity index (χ3n) is 2.71. The first-order valence-electron chi connectivity index (χ1n) is 5.48. The van der Waals surface area contributed by atoms with Crippen molar-refractivity contribution in [2.24, 2.45) is 0 Å². The van der Waals surface area contributed by atoms with E-state index in [0.717, 1.165) is 6.54 Å². The molecule has 0 saturated heterocycles. The smallest absolute Gasteiger partial charge is 0.0459 e. The van der Waals surface area contributed by atoms with Gasteiger partial charge in [-0.3, -0.25) is 0 Å². The van der Waals surface area contributed by atoms with Crippen LogP contribution in [0.25, 0.3) is 10.9 Å². The SMILES string of the molecule is Cc1[nH]c2ccccc2c1CNC(C)C. The standard InChI is InChI=1S/C13H18N2/c1-9(2)14-8-12-10(3)15-13-7-5-4-6-11(12)13/h4-7,9,14-15H,8H2,1-3H3. The van der Waals surface area contributed by atoms with Crippen molar-refractivity contribution in [1.82, 2.24) is 10.3 Å². The highest BCUT2D eigenvalue weighted by Crippen LogP contribution is 2.21. The van der Waals surface area contributed by atoms with Gasteiger partial charge in [0.25, 0.3) is 0 Å². The maximum atomic E-state index is 3.46. The van der Waals surface area contributed by atoms with Crippen LogP contribution in [0.5, 0.6) is 0 Å². The zero-order valence-electron chi connectivity index (χ0n) is 9.59. The molecule has 1 aromatic carbocycles. The summed E-state index contributed by atoms with van der Waals surface area (Å²) in [6, 6.07) is 8.99. The molecule has 0 aliphatic heterocycles. The van der Waals surface area contributed by atoms with E-state index in [9.17, 15) is 0 Å². The van der Waals surface area contributed by atoms with Crippen LogP contribution in [0.1, 0.15) is 25.1 Å². The van der Waals surface area contributed by atoms with Gasteiger partial charge in [0.15, 0.2) is 0 Å². The number of para-hydroxylation sites is 1. The molecule has 0 bridgehead atoms. The quantitative estimate of drug-likeness (QED) is 0.786. The molecule has 0 atom stereocenters. The fourth-order valence-corrected chi connectivity index (χ4v) is 1.87. The average molecular weight is 202 g/mol. The summed E-state index contributed by atoms with van der Waals surface area (Å²) < 4.78 is 0. The van der Waals surface area contributed by atoms with E-state index in [2.05, 4.69) is 55.3 Å². The Hall–Kier alpha value is -1.28. The normalized spacial score (nSPS) is 11.5. The van der Waals surface area contributed by atoms with Gasteiger partial charge in [-0.1, -0.05) is 32.0 Å². The minimum atomic E-state index is 0.526. The number of hydrogen-bond donors (Lipinski definition) is 2. The van der Waals surface area contributed by atoms with Crippen LogP contribution in [0.2, 0.25) is 0 Å². The number of hydrogen-bond acceptors (Lipinski definition) is 1. The van der Waals surface area contributed by atoms with Gasteiger partial charge in [0.05, 0.1) is 0 Å². The minimum Gasteiger partial charge on any atom is -0.358 e. The van der Waals surface area contributed by atoms with Crippen LogP contribution in [0.4, 0.5) is 0 Å². The molecule has 1 heterocycles. The van der Waals surface area contributed by atoms with Crippen molar-refractivity contribution in [2.75, 3.05) is 0 Å². The first-order chi connectivity index (χ1) is 7.18. The number of fused-ring (bicyclic) bond motifs is 1. The molecular formula is C13H18N2. The van der Waals surface area contributed by atoms with Gasteiger partial charge in [-0.25, -0.2) is 0 Å². The topological polar surface area (TPSA) is 27.8 Å². The highest BCUT2D eigenvalue weighted by molar-refractivity contribution is 5.84. The average Bonchev–Trinajstić information content (AvgIpc) is 2.50. The molecule has 0 saturated carbocycles. The Balaban J connectivity index is 2.36. The summed E-state index contributed by atoms with van der Waals surface area (Å²) in [7, 11) is 0. The lowest BCUT2D eigenvalue weighted by Crippen LogP contribution is -2.22. The number of aromatic amines is 1. The molecule has 0 amide bonds. The number of H-pyrrole nitrogens is 1. The van der Waals surface area contributed by atoms with E-state index in [1.807, 2.05) is 0 Å². The Bertz CT molecular complexity index is 455. The van der Waals surface area contributed by atoms with Gasteiger partial charge in [0.1, 0.15) is 0 Å². The second-order valence-electron chi connectivity index (χ2n) is 4.31. The molecule has 2 aromatic rings. The summed E-state index contributed by atoms with van der Waals surface area (Å²) in [5, 5.41) is 4.80. The molecule has 2 heteroatoms. The lowest BCUT2D eigenvalue weighted by atomic mass is 10.1. The molecule has 2 N–H and O–H groups in total. The zero-order valence-corrected chi connectivity index (χ0v) is 9.59. The summed E-state index contributed by atoms with van der Waals surface area (Å²) in [5.74, 6) is 0. The Morgan fingerprint density at radius 2 is 2.00 bits per heavy atom. The van der Waals surface area contributed by atoms with Gasteiger partial charge in [-0.15, -0.1) is 0 Å². The molecule has 0 aliphatic rings. The number of nitrogens with one attached hydrogen (secondary N) is 2. The van der Waals surface area contributed by atoms with Crippen molar-refractivity contribution in [2.45, 2.75) is 33.4 Å². The highest BCUT2D eigenvalue weighted by Gasteiger charge is 2.07. The van der Waals surface area contributed by atoms with Crippen LogP contribution < -0.4 is 5.32 Å². The number of aryl methyl sites for hydroxylation is 1. The monoisotopic (exact) mass is 202 g/mol. The van der Waals surface area contributed by atoms with Gasteiger partial charge in [-0.05, 0) is 18.6 Å². The first kappa shape index (κ1) is 10.2. The fraction of sp³-hybridized carbons (Fsp3) is 0.385. The van der Waals surface area contributed by atoms with Crippen molar-refractivity contribution in [1.29, 1.82) is 0 Å². The molecule has 0 aliphatic carbocycles. The Labute approximate surface area is 90.7 Å². The molecule has 2 nitrogen and oxygen atoms in total. The first-order valence-corrected chi connectivity index (χ1v) is 5.48. The molecule has 1 aromatic heterocycles. The maximum absolute atomic E-state index is 3.46. The fourth-order valence-electron chi connectivity index (χ4n) is 1.87. The highest BCUT2D eigenvalue weighted by atomic mass is 14.9. The predicted octanol–water partition coefficient (Wildman–Crippen LogP) is 2.97. The summed E-state index contributed by atoms with van der Waals surface area (Å²) >= 11 is 0. The van der Waals surface area contributed by atoms with Crippen LogP contribution in [-0.4, -0.2) is 11.0 Å². The summed E-state index contributed by atoms with van der Waals surface area (Å²) in [4.78, 5) is 3.41. The van der Waals surface area contributed by atoms with Crippen LogP contribution in [0.3, 0.4) is 0 Å². The molecule has 0 radical (unpaired) electrons. The second-order valence-corrected chi connectivity index (χ2v) is 4.31. The predicted molar refractivity (Wildman–Crippen MR) is 65.0 cm³/mol. The lowest BCUT2D eigenvalue weighted by molar-refractivity contribution is 0.589. The molecule has 0 spiro atoms. The number of benzene rings is 1. The van der Waals surface area contributed by atoms with E-state index in [1.54, 1.807) is 0 Å². The Morgan fingerprint density at radius 1 is 1.27 bits per heavy atom. The van der Waals surface area contributed by atoms with E-state index in [4.69, 9.17) is 0 Å². The van der Waals surface area contributed by atoms with E-state index in [0.29, 0.717) is 6.04 Å². The van der Waals surface area contributed by atoms with Crippen molar-refractivity contribution in [3.63, 3.8) is 0 Å². The van der Waals surface area contributed by atoms with Crippen molar-refractivity contribution in [3.8, 4) is 0 Å². The molecule has 15 heavy (non-hydrogen) atoms. The van der Waals surface area contributed by atoms with Gasteiger partial charge in [0, 0.05) is 29.2 Å². The third kappa shape index (κ3) is 2.05. The summed E-state index contributed by atoms with van der Waals surface area (Å²) in [6.07, 6.45) is 0. The summed E-state index contributed by atoms with van der Waals surface area (Å²) in [5.41, 5.74) is 3.89. The van der Waals surface area contributed by atoms with Crippen LogP contribution in [0.15, 0.2) is 24.3 Å². The van der Waals surface area contributed by atoms with Crippen molar-refractivity contribution < 1.29 is 0 Å². The Kier molecular flexibility index (Phi) is 2.78. The van der Waals surface area contributed by atoms with E-state index < -0.39 is 0 Å². The van der Waals surface area contributed by atoms with Crippen LogP contribution in [-0.2, 0) is 6.54 Å². The van der Waals surface area contributed by atoms with Crippen LogP contribution in [0, 0.1) is 6.92 Å². The number of rotatable bonds is 3. The second kappa shape index (κ2) is 4.07. The molecular weight excluding hydrogens is 184 g/mol. The van der Waals surface area contributed by atoms with Gasteiger partial charge >= 0.3 is 0 Å². The zero-order chi connectivity index (χ0) is 10.8. The Morgan fingerprint density at radius 3 is 2.73 bits per heavy atom. The van der Waals surface area contributed by atoms with Crippen molar-refractivity contribution in [3.05, 3.63) is 35.5 Å². The van der Waals surface area contributed by atoms with Gasteiger partial charge in [-0.2, -0.15) is 0 Å². The number of aromatic nitrogens is 1. The molecule has 2 rings (SSSR count). The largest absolute Gasteiger partial charge is 0.358 e. The maximum Gasteiger partial charge on any atom is 0.0459 e. The van der Waals surface area contributed by atoms with Crippen molar-refractivity contribution >= 4 is 10.9 Å². The van der Waals surface area contributed by atoms with E-state index in [1.165, 1.54) is 22.2 Å². The third-order valence-corrected chi connectivity index (χ3v) is 2.71. The summed E-state index contributed by atoms with van der Waals surface area (Å²) in [6.45, 7) is 7.42. The van der Waals surface area contributed by atoms with E-state index >= 15 is 0 Å². The molecule has 0 unspecified atom stereocenters. The molecule has 0 fully saturated rings. The van der Waals surface area contributed by atoms with E-state index in [-0.39, 0.29) is 0 Å². The molecule has 80 valence electrons. The minimum absolute atomic E-state index is 0.526.